The van der Waals surface area contributed by atoms with Gasteiger partial charge in [0.05, 0.1) is 16.3 Å². The summed E-state index contributed by atoms with van der Waals surface area (Å²) >= 11 is 1.74. The van der Waals surface area contributed by atoms with Crippen LogP contribution in [-0.2, 0) is 19.3 Å². The molecule has 5 rings (SSSR count). The van der Waals surface area contributed by atoms with Gasteiger partial charge in [-0.15, -0.1) is 11.3 Å². The highest BCUT2D eigenvalue weighted by Crippen LogP contribution is 2.39. The SMILES string of the molecule is CCc1cccc(-n2nc3c(c2-c2cc4cccnc4s2)CCC3)n1. The van der Waals surface area contributed by atoms with Gasteiger partial charge in [-0.2, -0.15) is 5.10 Å². The average molecular weight is 346 g/mol. The van der Waals surface area contributed by atoms with E-state index in [2.05, 4.69) is 42.2 Å². The molecule has 4 aromatic heterocycles. The van der Waals surface area contributed by atoms with Crippen LogP contribution in [0.4, 0.5) is 0 Å². The van der Waals surface area contributed by atoms with Gasteiger partial charge in [0.25, 0.3) is 0 Å². The van der Waals surface area contributed by atoms with Gasteiger partial charge in [-0.05, 0) is 49.9 Å². The maximum Gasteiger partial charge on any atom is 0.154 e. The maximum atomic E-state index is 4.92. The zero-order chi connectivity index (χ0) is 16.8. The summed E-state index contributed by atoms with van der Waals surface area (Å²) in [6, 6.07) is 12.6. The third kappa shape index (κ3) is 2.38. The second kappa shape index (κ2) is 5.77. The molecule has 25 heavy (non-hydrogen) atoms. The largest absolute Gasteiger partial charge is 0.245 e. The number of rotatable bonds is 3. The molecule has 0 bridgehead atoms. The summed E-state index contributed by atoms with van der Waals surface area (Å²) in [7, 11) is 0. The number of hydrogen-bond acceptors (Lipinski definition) is 4. The van der Waals surface area contributed by atoms with E-state index in [1.807, 2.05) is 16.9 Å². The van der Waals surface area contributed by atoms with Crippen molar-refractivity contribution >= 4 is 21.6 Å². The number of fused-ring (bicyclic) bond motifs is 2. The molecule has 4 aromatic rings. The highest BCUT2D eigenvalue weighted by Gasteiger charge is 2.25. The highest BCUT2D eigenvalue weighted by molar-refractivity contribution is 7.21. The number of nitrogens with zero attached hydrogens (tertiary/aromatic N) is 4. The summed E-state index contributed by atoms with van der Waals surface area (Å²) < 4.78 is 2.05. The normalized spacial score (nSPS) is 13.5. The fourth-order valence-corrected chi connectivity index (χ4v) is 4.64. The minimum absolute atomic E-state index is 0.911. The van der Waals surface area contributed by atoms with Crippen LogP contribution < -0.4 is 0 Å². The van der Waals surface area contributed by atoms with Crippen LogP contribution in [0.5, 0.6) is 0 Å². The minimum Gasteiger partial charge on any atom is -0.245 e. The van der Waals surface area contributed by atoms with Gasteiger partial charge in [-0.3, -0.25) is 0 Å². The molecule has 0 amide bonds. The molecule has 1 aliphatic rings. The Labute approximate surface area is 150 Å². The van der Waals surface area contributed by atoms with Crippen molar-refractivity contribution in [1.29, 1.82) is 0 Å². The Morgan fingerprint density at radius 1 is 1.16 bits per heavy atom. The van der Waals surface area contributed by atoms with E-state index in [0.717, 1.165) is 35.6 Å². The van der Waals surface area contributed by atoms with Crippen LogP contribution in [0, 0.1) is 0 Å². The van der Waals surface area contributed by atoms with Crippen molar-refractivity contribution in [2.24, 2.45) is 0 Å². The predicted octanol–water partition coefficient (Wildman–Crippen LogP) is 4.60. The van der Waals surface area contributed by atoms with Gasteiger partial charge in [0, 0.05) is 22.8 Å². The predicted molar refractivity (Wildman–Crippen MR) is 101 cm³/mol. The molecular formula is C20H18N4S. The van der Waals surface area contributed by atoms with Crippen molar-refractivity contribution in [3.05, 3.63) is 59.5 Å². The van der Waals surface area contributed by atoms with Crippen molar-refractivity contribution in [1.82, 2.24) is 19.7 Å². The molecule has 0 spiro atoms. The van der Waals surface area contributed by atoms with Crippen LogP contribution in [0.1, 0.15) is 30.3 Å². The van der Waals surface area contributed by atoms with E-state index in [4.69, 9.17) is 10.1 Å². The second-order valence-corrected chi connectivity index (χ2v) is 7.42. The average Bonchev–Trinajstić information content (AvgIpc) is 3.34. The fourth-order valence-electron chi connectivity index (χ4n) is 3.58. The quantitative estimate of drug-likeness (QED) is 0.545. The van der Waals surface area contributed by atoms with Gasteiger partial charge in [0.1, 0.15) is 4.83 Å². The number of thiophene rings is 1. The zero-order valence-electron chi connectivity index (χ0n) is 14.1. The maximum absolute atomic E-state index is 4.92. The Hall–Kier alpha value is -2.53. The molecule has 5 heteroatoms. The lowest BCUT2D eigenvalue weighted by molar-refractivity contribution is 0.785. The van der Waals surface area contributed by atoms with Crippen LogP contribution in [0.2, 0.25) is 0 Å². The summed E-state index contributed by atoms with van der Waals surface area (Å²) in [4.78, 5) is 11.6. The van der Waals surface area contributed by atoms with Gasteiger partial charge in [-0.25, -0.2) is 14.6 Å². The van der Waals surface area contributed by atoms with Crippen LogP contribution >= 0.6 is 11.3 Å². The zero-order valence-corrected chi connectivity index (χ0v) is 14.9. The second-order valence-electron chi connectivity index (χ2n) is 6.39. The van der Waals surface area contributed by atoms with E-state index in [0.29, 0.717) is 0 Å². The summed E-state index contributed by atoms with van der Waals surface area (Å²) in [5.41, 5.74) is 4.91. The van der Waals surface area contributed by atoms with Gasteiger partial charge in [0.15, 0.2) is 5.82 Å². The first-order valence-electron chi connectivity index (χ1n) is 8.75. The summed E-state index contributed by atoms with van der Waals surface area (Å²) in [6.07, 6.45) is 6.14. The molecule has 124 valence electrons. The summed E-state index contributed by atoms with van der Waals surface area (Å²) in [5.74, 6) is 0.911. The van der Waals surface area contributed by atoms with Crippen molar-refractivity contribution in [2.75, 3.05) is 0 Å². The topological polar surface area (TPSA) is 43.6 Å². The van der Waals surface area contributed by atoms with E-state index in [1.165, 1.54) is 33.6 Å². The van der Waals surface area contributed by atoms with Crippen LogP contribution in [0.15, 0.2) is 42.6 Å². The molecular weight excluding hydrogens is 328 g/mol. The van der Waals surface area contributed by atoms with Crippen LogP contribution in [-0.4, -0.2) is 19.7 Å². The lowest BCUT2D eigenvalue weighted by Gasteiger charge is -2.08. The molecule has 1 aliphatic carbocycles. The number of aryl methyl sites for hydroxylation is 2. The van der Waals surface area contributed by atoms with Crippen molar-refractivity contribution in [3.8, 4) is 16.4 Å². The first kappa shape index (κ1) is 14.8. The van der Waals surface area contributed by atoms with E-state index in [-0.39, 0.29) is 0 Å². The van der Waals surface area contributed by atoms with Crippen molar-refractivity contribution < 1.29 is 0 Å². The van der Waals surface area contributed by atoms with Crippen LogP contribution in [0.3, 0.4) is 0 Å². The standard InChI is InChI=1S/C20H18N4S/c1-2-14-7-3-10-18(22-14)24-19(15-8-4-9-16(15)23-24)17-12-13-6-5-11-21-20(13)25-17/h3,5-7,10-12H,2,4,8-9H2,1H3. The molecule has 0 fully saturated rings. The Bertz CT molecular complexity index is 1040. The first-order chi connectivity index (χ1) is 12.3. The van der Waals surface area contributed by atoms with Gasteiger partial charge in [0.2, 0.25) is 0 Å². The molecule has 4 nitrogen and oxygen atoms in total. The third-order valence-corrected chi connectivity index (χ3v) is 5.87. The molecule has 0 saturated heterocycles. The van der Waals surface area contributed by atoms with E-state index in [1.54, 1.807) is 11.3 Å². The molecule has 0 saturated carbocycles. The molecule has 0 atom stereocenters. The monoisotopic (exact) mass is 346 g/mol. The molecule has 0 radical (unpaired) electrons. The fraction of sp³-hybridized carbons (Fsp3) is 0.250. The van der Waals surface area contributed by atoms with E-state index < -0.39 is 0 Å². The van der Waals surface area contributed by atoms with Gasteiger partial charge in [-0.1, -0.05) is 19.1 Å². The third-order valence-electron chi connectivity index (χ3n) is 4.81. The Morgan fingerprint density at radius 2 is 2.12 bits per heavy atom. The van der Waals surface area contributed by atoms with Gasteiger partial charge >= 0.3 is 0 Å². The van der Waals surface area contributed by atoms with Crippen molar-refractivity contribution in [2.45, 2.75) is 32.6 Å². The molecule has 0 N–H and O–H groups in total. The number of pyridine rings is 2. The smallest absolute Gasteiger partial charge is 0.154 e. The number of hydrogen-bond donors (Lipinski definition) is 0. The molecule has 0 aliphatic heterocycles. The van der Waals surface area contributed by atoms with E-state index in [9.17, 15) is 0 Å². The minimum atomic E-state index is 0.911. The van der Waals surface area contributed by atoms with Crippen molar-refractivity contribution in [3.63, 3.8) is 0 Å². The summed E-state index contributed by atoms with van der Waals surface area (Å²) in [6.45, 7) is 2.13. The number of aromatic nitrogens is 4. The molecule has 0 aromatic carbocycles. The first-order valence-corrected chi connectivity index (χ1v) is 9.57. The summed E-state index contributed by atoms with van der Waals surface area (Å²) in [5, 5.41) is 6.12. The lowest BCUT2D eigenvalue weighted by atomic mass is 10.1. The lowest BCUT2D eigenvalue weighted by Crippen LogP contribution is -2.04. The Kier molecular flexibility index (Phi) is 3.41. The Morgan fingerprint density at radius 3 is 3.00 bits per heavy atom. The Balaban J connectivity index is 1.75. The molecule has 4 heterocycles. The van der Waals surface area contributed by atoms with E-state index >= 15 is 0 Å². The molecule has 0 unspecified atom stereocenters. The highest BCUT2D eigenvalue weighted by atomic mass is 32.1. The van der Waals surface area contributed by atoms with Crippen LogP contribution in [0.25, 0.3) is 26.6 Å². The van der Waals surface area contributed by atoms with Gasteiger partial charge < -0.3 is 0 Å².